The third-order valence-electron chi connectivity index (χ3n) is 3.46. The number of aliphatic carboxylic acids is 1. The van der Waals surface area contributed by atoms with E-state index in [2.05, 4.69) is 5.32 Å². The number of rotatable bonds is 9. The van der Waals surface area contributed by atoms with E-state index in [-0.39, 0.29) is 5.91 Å². The zero-order chi connectivity index (χ0) is 19.7. The lowest BCUT2D eigenvalue weighted by Crippen LogP contribution is -2.42. The first kappa shape index (κ1) is 21.1. The maximum absolute atomic E-state index is 12.1. The number of carboxylic acid groups (broad SMARTS) is 1. The highest BCUT2D eigenvalue weighted by molar-refractivity contribution is 5.92. The number of nitrogens with one attached hydrogen (secondary N) is 1. The van der Waals surface area contributed by atoms with Crippen LogP contribution in [-0.4, -0.2) is 43.9 Å². The topological polar surface area (TPSA) is 94.1 Å². The summed E-state index contributed by atoms with van der Waals surface area (Å²) in [5.41, 5.74) is 0.126. The van der Waals surface area contributed by atoms with E-state index >= 15 is 0 Å². The van der Waals surface area contributed by atoms with Crippen LogP contribution in [0.15, 0.2) is 30.4 Å². The number of hydrogen-bond donors (Lipinski definition) is 2. The number of hydrogen-bond acceptors (Lipinski definition) is 5. The zero-order valence-electron chi connectivity index (χ0n) is 15.7. The molecule has 0 bridgehead atoms. The third-order valence-corrected chi connectivity index (χ3v) is 3.46. The fourth-order valence-corrected chi connectivity index (χ4v) is 2.25. The van der Waals surface area contributed by atoms with Crippen LogP contribution >= 0.6 is 0 Å². The molecule has 0 aliphatic heterocycles. The van der Waals surface area contributed by atoms with Crippen LogP contribution in [-0.2, 0) is 9.59 Å². The molecule has 0 saturated carbocycles. The summed E-state index contributed by atoms with van der Waals surface area (Å²) < 4.78 is 15.8. The smallest absolute Gasteiger partial charge is 0.327 e. The van der Waals surface area contributed by atoms with Crippen molar-refractivity contribution in [1.29, 1.82) is 0 Å². The summed E-state index contributed by atoms with van der Waals surface area (Å²) in [5.74, 6) is 0.141. The molecule has 26 heavy (non-hydrogen) atoms. The molecule has 0 saturated heterocycles. The molecule has 1 aromatic carbocycles. The molecule has 2 N–H and O–H groups in total. The Labute approximate surface area is 153 Å². The molecular formula is C19H25NO6. The lowest BCUT2D eigenvalue weighted by atomic mass is 10.0. The van der Waals surface area contributed by atoms with Crippen molar-refractivity contribution in [1.82, 2.24) is 5.32 Å². The van der Waals surface area contributed by atoms with E-state index in [1.807, 2.05) is 13.8 Å². The van der Waals surface area contributed by atoms with Gasteiger partial charge in [0.2, 0.25) is 11.7 Å². The van der Waals surface area contributed by atoms with E-state index in [1.165, 1.54) is 33.5 Å². The molecule has 0 radical (unpaired) electrons. The highest BCUT2D eigenvalue weighted by Crippen LogP contribution is 2.38. The summed E-state index contributed by atoms with van der Waals surface area (Å²) in [7, 11) is 4.56. The summed E-state index contributed by atoms with van der Waals surface area (Å²) >= 11 is 0. The Kier molecular flexibility index (Phi) is 7.71. The Balaban J connectivity index is 2.86. The average Bonchev–Trinajstić information content (AvgIpc) is 2.57. The van der Waals surface area contributed by atoms with Crippen LogP contribution in [0.5, 0.6) is 17.2 Å². The van der Waals surface area contributed by atoms with Crippen molar-refractivity contribution in [2.75, 3.05) is 21.3 Å². The van der Waals surface area contributed by atoms with Gasteiger partial charge in [0, 0.05) is 17.7 Å². The molecule has 142 valence electrons. The second-order valence-electron chi connectivity index (χ2n) is 6.11. The van der Waals surface area contributed by atoms with Crippen LogP contribution in [0.2, 0.25) is 0 Å². The molecule has 1 amide bonds. The van der Waals surface area contributed by atoms with Gasteiger partial charge in [0.25, 0.3) is 0 Å². The van der Waals surface area contributed by atoms with E-state index in [4.69, 9.17) is 19.3 Å². The van der Waals surface area contributed by atoms with Gasteiger partial charge in [-0.15, -0.1) is 0 Å². The number of methoxy groups -OCH3 is 3. The van der Waals surface area contributed by atoms with E-state index in [9.17, 15) is 9.59 Å². The first-order valence-corrected chi connectivity index (χ1v) is 7.92. The quantitative estimate of drug-likeness (QED) is 0.655. The van der Waals surface area contributed by atoms with Crippen molar-refractivity contribution in [3.63, 3.8) is 0 Å². The highest BCUT2D eigenvalue weighted by atomic mass is 16.5. The Hall–Kier alpha value is -2.96. The van der Waals surface area contributed by atoms with Crippen molar-refractivity contribution < 1.29 is 28.9 Å². The van der Waals surface area contributed by atoms with E-state index < -0.39 is 11.5 Å². The van der Waals surface area contributed by atoms with Gasteiger partial charge in [0.1, 0.15) is 0 Å². The standard InChI is InChI=1S/C19H25NO6/c1-19(2,10-6-7-17(22)23)20-16(21)9-8-13-11-14(24-3)18(26-5)15(12-13)25-4/h6-9,11-12H,10H2,1-5H3,(H,20,21)(H,22,23)/b7-6+,9-8+. The van der Waals surface area contributed by atoms with Crippen LogP contribution in [0.4, 0.5) is 0 Å². The molecule has 7 heteroatoms. The second kappa shape index (κ2) is 9.50. The number of carbonyl (C=O) groups excluding carboxylic acids is 1. The molecule has 0 aliphatic carbocycles. The summed E-state index contributed by atoms with van der Waals surface area (Å²) in [6, 6.07) is 3.46. The molecule has 1 rings (SSSR count). The monoisotopic (exact) mass is 363 g/mol. The maximum Gasteiger partial charge on any atom is 0.327 e. The number of amides is 1. The predicted octanol–water partition coefficient (Wildman–Crippen LogP) is 2.65. The minimum Gasteiger partial charge on any atom is -0.493 e. The van der Waals surface area contributed by atoms with Crippen LogP contribution in [0.1, 0.15) is 25.8 Å². The van der Waals surface area contributed by atoms with Crippen molar-refractivity contribution in [3.8, 4) is 17.2 Å². The van der Waals surface area contributed by atoms with Gasteiger partial charge in [-0.3, -0.25) is 4.79 Å². The molecule has 7 nitrogen and oxygen atoms in total. The SMILES string of the molecule is COc1cc(/C=C/C(=O)NC(C)(C)C/C=C/C(=O)O)cc(OC)c1OC. The van der Waals surface area contributed by atoms with Crippen molar-refractivity contribution in [2.45, 2.75) is 25.8 Å². The normalized spacial score (nSPS) is 11.6. The molecule has 0 unspecified atom stereocenters. The van der Waals surface area contributed by atoms with Gasteiger partial charge in [-0.2, -0.15) is 0 Å². The van der Waals surface area contributed by atoms with Gasteiger partial charge in [0.15, 0.2) is 11.5 Å². The first-order chi connectivity index (χ1) is 12.2. The van der Waals surface area contributed by atoms with Crippen LogP contribution < -0.4 is 19.5 Å². The Bertz CT molecular complexity index is 681. The van der Waals surface area contributed by atoms with Crippen LogP contribution in [0.25, 0.3) is 6.08 Å². The third kappa shape index (κ3) is 6.51. The fourth-order valence-electron chi connectivity index (χ4n) is 2.25. The van der Waals surface area contributed by atoms with E-state index in [0.29, 0.717) is 29.2 Å². The highest BCUT2D eigenvalue weighted by Gasteiger charge is 2.18. The average molecular weight is 363 g/mol. The lowest BCUT2D eigenvalue weighted by molar-refractivity contribution is -0.131. The summed E-state index contributed by atoms with van der Waals surface area (Å²) in [6.07, 6.45) is 5.97. The summed E-state index contributed by atoms with van der Waals surface area (Å²) in [4.78, 5) is 22.6. The van der Waals surface area contributed by atoms with Crippen LogP contribution in [0, 0.1) is 0 Å². The molecule has 0 aliphatic rings. The molecule has 0 spiro atoms. The Morgan fingerprint density at radius 1 is 1.08 bits per heavy atom. The Morgan fingerprint density at radius 3 is 2.12 bits per heavy atom. The molecular weight excluding hydrogens is 338 g/mol. The number of benzene rings is 1. The minimum absolute atomic E-state index is 0.299. The van der Waals surface area contributed by atoms with Crippen molar-refractivity contribution in [2.24, 2.45) is 0 Å². The second-order valence-corrected chi connectivity index (χ2v) is 6.11. The summed E-state index contributed by atoms with van der Waals surface area (Å²) in [6.45, 7) is 3.62. The van der Waals surface area contributed by atoms with Gasteiger partial charge >= 0.3 is 5.97 Å². The molecule has 0 atom stereocenters. The number of carbonyl (C=O) groups is 2. The van der Waals surface area contributed by atoms with Gasteiger partial charge < -0.3 is 24.6 Å². The fraction of sp³-hybridized carbons (Fsp3) is 0.368. The largest absolute Gasteiger partial charge is 0.493 e. The van der Waals surface area contributed by atoms with E-state index in [0.717, 1.165) is 6.08 Å². The van der Waals surface area contributed by atoms with Gasteiger partial charge in [-0.1, -0.05) is 6.08 Å². The van der Waals surface area contributed by atoms with Crippen molar-refractivity contribution in [3.05, 3.63) is 35.9 Å². The molecule has 0 fully saturated rings. The molecule has 0 aromatic heterocycles. The molecule has 1 aromatic rings. The minimum atomic E-state index is -1.02. The van der Waals surface area contributed by atoms with Crippen LogP contribution in [0.3, 0.4) is 0 Å². The number of ether oxygens (including phenoxy) is 3. The first-order valence-electron chi connectivity index (χ1n) is 7.92. The predicted molar refractivity (Wildman–Crippen MR) is 98.7 cm³/mol. The number of carboxylic acids is 1. The summed E-state index contributed by atoms with van der Waals surface area (Å²) in [5, 5.41) is 11.4. The van der Waals surface area contributed by atoms with Gasteiger partial charge in [-0.05, 0) is 44.0 Å². The van der Waals surface area contributed by atoms with Gasteiger partial charge in [-0.25, -0.2) is 4.79 Å². The lowest BCUT2D eigenvalue weighted by Gasteiger charge is -2.23. The van der Waals surface area contributed by atoms with E-state index in [1.54, 1.807) is 18.2 Å². The van der Waals surface area contributed by atoms with Crippen molar-refractivity contribution >= 4 is 18.0 Å². The molecule has 0 heterocycles. The zero-order valence-corrected chi connectivity index (χ0v) is 15.7. The maximum atomic E-state index is 12.1. The Morgan fingerprint density at radius 2 is 1.65 bits per heavy atom. The van der Waals surface area contributed by atoms with Gasteiger partial charge in [0.05, 0.1) is 21.3 Å².